The number of carbonyl (C=O) groups excluding carboxylic acids is 1. The van der Waals surface area contributed by atoms with Gasteiger partial charge in [-0.05, 0) is 43.2 Å². The number of fused-ring (bicyclic) bond motifs is 1. The summed E-state index contributed by atoms with van der Waals surface area (Å²) < 4.78 is 1.87. The Kier molecular flexibility index (Phi) is 4.98. The van der Waals surface area contributed by atoms with Crippen molar-refractivity contribution in [3.63, 3.8) is 0 Å². The van der Waals surface area contributed by atoms with Crippen LogP contribution in [0.5, 0.6) is 0 Å². The highest BCUT2D eigenvalue weighted by Crippen LogP contribution is 2.30. The van der Waals surface area contributed by atoms with Gasteiger partial charge >= 0.3 is 0 Å². The van der Waals surface area contributed by atoms with Gasteiger partial charge in [-0.2, -0.15) is 5.10 Å². The highest BCUT2D eigenvalue weighted by atomic mass is 32.1. The Balaban J connectivity index is 1.38. The Morgan fingerprint density at radius 1 is 1.10 bits per heavy atom. The summed E-state index contributed by atoms with van der Waals surface area (Å²) in [5, 5.41) is 9.56. The lowest BCUT2D eigenvalue weighted by atomic mass is 10.1. The minimum atomic E-state index is -0.114. The second-order valence-electron chi connectivity index (χ2n) is 7.57. The highest BCUT2D eigenvalue weighted by molar-refractivity contribution is 7.16. The zero-order valence-corrected chi connectivity index (χ0v) is 17.3. The number of carbonyl (C=O) groups is 1. The Morgan fingerprint density at radius 2 is 1.93 bits per heavy atom. The van der Waals surface area contributed by atoms with E-state index in [4.69, 9.17) is 5.73 Å². The molecule has 30 heavy (non-hydrogen) atoms. The third-order valence-electron chi connectivity index (χ3n) is 5.45. The van der Waals surface area contributed by atoms with Gasteiger partial charge in [0.05, 0.1) is 28.0 Å². The van der Waals surface area contributed by atoms with Crippen LogP contribution in [-0.4, -0.2) is 34.8 Å². The molecule has 1 fully saturated rings. The molecule has 0 radical (unpaired) electrons. The summed E-state index contributed by atoms with van der Waals surface area (Å²) in [4.78, 5) is 15.9. The maximum absolute atomic E-state index is 13.0. The number of nitrogens with zero attached hydrogens (tertiary/aromatic N) is 3. The number of nitrogens with two attached hydrogens (primary N) is 1. The molecule has 4 aromatic rings. The SMILES string of the molecule is N[C@H]1CCCN(c2ccccc2NC(=O)c2ccc(-n3ncc4ccccc43)s2)C1. The standard InChI is InChI=1S/C23H23N5OS/c24-17-7-5-13-27(15-17)20-10-4-2-8-18(20)26-23(29)21-11-12-22(30-21)28-19-9-3-1-6-16(19)14-25-28/h1-4,6,8-12,14,17H,5,7,13,15,24H2,(H,26,29)/t17-/m0/s1. The van der Waals surface area contributed by atoms with Gasteiger partial charge in [0.1, 0.15) is 5.00 Å². The number of thiophene rings is 1. The van der Waals surface area contributed by atoms with Gasteiger partial charge in [-0.25, -0.2) is 4.68 Å². The Labute approximate surface area is 178 Å². The topological polar surface area (TPSA) is 76.2 Å². The first-order chi connectivity index (χ1) is 14.7. The second kappa shape index (κ2) is 7.93. The first-order valence-corrected chi connectivity index (χ1v) is 10.9. The summed E-state index contributed by atoms with van der Waals surface area (Å²) in [6.45, 7) is 1.76. The van der Waals surface area contributed by atoms with Crippen molar-refractivity contribution in [3.8, 4) is 5.00 Å². The largest absolute Gasteiger partial charge is 0.368 e. The van der Waals surface area contributed by atoms with E-state index >= 15 is 0 Å². The molecule has 0 spiro atoms. The minimum absolute atomic E-state index is 0.114. The molecule has 0 aliphatic carbocycles. The maximum atomic E-state index is 13.0. The summed E-state index contributed by atoms with van der Waals surface area (Å²) in [7, 11) is 0. The Hall–Kier alpha value is -3.16. The van der Waals surface area contributed by atoms with E-state index < -0.39 is 0 Å². The summed E-state index contributed by atoms with van der Waals surface area (Å²) in [5.74, 6) is -0.114. The van der Waals surface area contributed by atoms with Gasteiger partial charge in [0.25, 0.3) is 5.91 Å². The molecule has 6 nitrogen and oxygen atoms in total. The smallest absolute Gasteiger partial charge is 0.265 e. The van der Waals surface area contributed by atoms with E-state index in [9.17, 15) is 4.79 Å². The van der Waals surface area contributed by atoms with Crippen LogP contribution in [-0.2, 0) is 0 Å². The van der Waals surface area contributed by atoms with Crippen molar-refractivity contribution in [2.75, 3.05) is 23.3 Å². The number of aromatic nitrogens is 2. The van der Waals surface area contributed by atoms with E-state index in [2.05, 4.69) is 15.3 Å². The number of rotatable bonds is 4. The van der Waals surface area contributed by atoms with Gasteiger partial charge in [0.15, 0.2) is 0 Å². The van der Waals surface area contributed by atoms with Crippen molar-refractivity contribution in [1.29, 1.82) is 0 Å². The summed E-state index contributed by atoms with van der Waals surface area (Å²) in [5.41, 5.74) is 9.02. The fourth-order valence-corrected chi connectivity index (χ4v) is 4.85. The lowest BCUT2D eigenvalue weighted by molar-refractivity contribution is 0.103. The Morgan fingerprint density at radius 3 is 2.83 bits per heavy atom. The van der Waals surface area contributed by atoms with Crippen molar-refractivity contribution in [2.45, 2.75) is 18.9 Å². The van der Waals surface area contributed by atoms with Crippen LogP contribution in [0.1, 0.15) is 22.5 Å². The van der Waals surface area contributed by atoms with Crippen molar-refractivity contribution in [2.24, 2.45) is 5.73 Å². The van der Waals surface area contributed by atoms with Gasteiger partial charge < -0.3 is 16.0 Å². The van der Waals surface area contributed by atoms with E-state index in [1.807, 2.05) is 71.5 Å². The zero-order valence-electron chi connectivity index (χ0n) is 16.5. The average molecular weight is 418 g/mol. The minimum Gasteiger partial charge on any atom is -0.368 e. The van der Waals surface area contributed by atoms with Crippen molar-refractivity contribution in [1.82, 2.24) is 9.78 Å². The molecule has 1 aliphatic heterocycles. The van der Waals surface area contributed by atoms with E-state index in [1.54, 1.807) is 0 Å². The van der Waals surface area contributed by atoms with Crippen LogP contribution in [0.25, 0.3) is 15.9 Å². The van der Waals surface area contributed by atoms with E-state index in [1.165, 1.54) is 11.3 Å². The molecule has 1 atom stereocenters. The predicted octanol–water partition coefficient (Wildman–Crippen LogP) is 4.27. The third kappa shape index (κ3) is 3.58. The third-order valence-corrected chi connectivity index (χ3v) is 6.51. The van der Waals surface area contributed by atoms with E-state index in [0.29, 0.717) is 4.88 Å². The maximum Gasteiger partial charge on any atom is 0.265 e. The van der Waals surface area contributed by atoms with Crippen LogP contribution in [0, 0.1) is 0 Å². The Bertz CT molecular complexity index is 1200. The number of para-hydroxylation sites is 3. The van der Waals surface area contributed by atoms with Gasteiger partial charge in [0, 0.05) is 24.5 Å². The molecule has 1 amide bonds. The summed E-state index contributed by atoms with van der Waals surface area (Å²) >= 11 is 1.43. The lowest BCUT2D eigenvalue weighted by Gasteiger charge is -2.33. The van der Waals surface area contributed by atoms with E-state index in [-0.39, 0.29) is 11.9 Å². The molecule has 2 aromatic carbocycles. The fourth-order valence-electron chi connectivity index (χ4n) is 3.98. The predicted molar refractivity (Wildman–Crippen MR) is 123 cm³/mol. The number of hydrogen-bond donors (Lipinski definition) is 2. The van der Waals surface area contributed by atoms with Gasteiger partial charge in [-0.1, -0.05) is 30.3 Å². The van der Waals surface area contributed by atoms with Crippen LogP contribution in [0.2, 0.25) is 0 Å². The molecule has 2 aromatic heterocycles. The van der Waals surface area contributed by atoms with Gasteiger partial charge in [-0.3, -0.25) is 4.79 Å². The van der Waals surface area contributed by atoms with Crippen LogP contribution in [0.3, 0.4) is 0 Å². The number of benzene rings is 2. The van der Waals surface area contributed by atoms with Crippen molar-refractivity contribution in [3.05, 3.63) is 71.7 Å². The number of anilines is 2. The van der Waals surface area contributed by atoms with Crippen LogP contribution < -0.4 is 16.0 Å². The highest BCUT2D eigenvalue weighted by Gasteiger charge is 2.20. The molecular weight excluding hydrogens is 394 g/mol. The first-order valence-electron chi connectivity index (χ1n) is 10.1. The molecule has 0 unspecified atom stereocenters. The number of piperidine rings is 1. The first kappa shape index (κ1) is 18.8. The molecule has 152 valence electrons. The molecule has 0 bridgehead atoms. The van der Waals surface area contributed by atoms with Crippen molar-refractivity contribution >= 4 is 39.5 Å². The fraction of sp³-hybridized carbons (Fsp3) is 0.217. The zero-order chi connectivity index (χ0) is 20.5. The summed E-state index contributed by atoms with van der Waals surface area (Å²) in [6.07, 6.45) is 3.95. The van der Waals surface area contributed by atoms with Gasteiger partial charge in [0.2, 0.25) is 0 Å². The second-order valence-corrected chi connectivity index (χ2v) is 8.63. The number of nitrogens with one attached hydrogen (secondary N) is 1. The molecule has 3 heterocycles. The normalized spacial score (nSPS) is 16.7. The summed E-state index contributed by atoms with van der Waals surface area (Å²) in [6, 6.07) is 19.9. The average Bonchev–Trinajstić information content (AvgIpc) is 3.41. The molecule has 3 N–H and O–H groups in total. The molecule has 1 aliphatic rings. The molecule has 1 saturated heterocycles. The number of hydrogen-bond acceptors (Lipinski definition) is 5. The van der Waals surface area contributed by atoms with Crippen LogP contribution in [0.4, 0.5) is 11.4 Å². The quantitative estimate of drug-likeness (QED) is 0.520. The van der Waals surface area contributed by atoms with Gasteiger partial charge in [-0.15, -0.1) is 11.3 Å². The molecule has 7 heteroatoms. The van der Waals surface area contributed by atoms with Crippen molar-refractivity contribution < 1.29 is 4.79 Å². The lowest BCUT2D eigenvalue weighted by Crippen LogP contribution is -2.43. The monoisotopic (exact) mass is 417 g/mol. The molecule has 0 saturated carbocycles. The molecular formula is C23H23N5OS. The van der Waals surface area contributed by atoms with Crippen LogP contribution in [0.15, 0.2) is 66.9 Å². The van der Waals surface area contributed by atoms with E-state index in [0.717, 1.165) is 53.2 Å². The van der Waals surface area contributed by atoms with Crippen LogP contribution >= 0.6 is 11.3 Å². The number of amides is 1. The molecule has 5 rings (SSSR count).